The second kappa shape index (κ2) is 11.9. The van der Waals surface area contributed by atoms with Crippen molar-refractivity contribution < 1.29 is 14.3 Å². The van der Waals surface area contributed by atoms with Crippen LogP contribution in [0.5, 0.6) is 5.75 Å². The van der Waals surface area contributed by atoms with Gasteiger partial charge in [-0.05, 0) is 61.5 Å². The zero-order chi connectivity index (χ0) is 28.2. The van der Waals surface area contributed by atoms with E-state index >= 15 is 0 Å². The Morgan fingerprint density at radius 2 is 1.88 bits per heavy atom. The minimum atomic E-state index is -0.712. The number of benzene rings is 2. The summed E-state index contributed by atoms with van der Waals surface area (Å²) in [6.45, 7) is 14.6. The molecule has 0 radical (unpaired) electrons. The van der Waals surface area contributed by atoms with Gasteiger partial charge in [0, 0.05) is 75.0 Å². The van der Waals surface area contributed by atoms with Crippen LogP contribution >= 0.6 is 0 Å². The Bertz CT molecular complexity index is 1360. The minimum absolute atomic E-state index is 0.0476. The van der Waals surface area contributed by atoms with Crippen LogP contribution in [-0.4, -0.2) is 89.2 Å². The molecule has 9 nitrogen and oxygen atoms in total. The van der Waals surface area contributed by atoms with Gasteiger partial charge in [0.1, 0.15) is 5.82 Å². The van der Waals surface area contributed by atoms with E-state index in [-0.39, 0.29) is 11.9 Å². The van der Waals surface area contributed by atoms with Crippen molar-refractivity contribution in [2.75, 3.05) is 67.5 Å². The number of amides is 1. The van der Waals surface area contributed by atoms with Crippen LogP contribution in [0.2, 0.25) is 0 Å². The average Bonchev–Trinajstić information content (AvgIpc) is 2.98. The molecule has 3 heterocycles. The number of aromatic nitrogens is 2. The third-order valence-electron chi connectivity index (χ3n) is 7.72. The zero-order valence-corrected chi connectivity index (χ0v) is 23.1. The summed E-state index contributed by atoms with van der Waals surface area (Å²) in [7, 11) is 0. The summed E-state index contributed by atoms with van der Waals surface area (Å²) in [6, 6.07) is 12.5. The van der Waals surface area contributed by atoms with Gasteiger partial charge in [-0.2, -0.15) is 4.98 Å². The highest BCUT2D eigenvalue weighted by Gasteiger charge is 2.29. The summed E-state index contributed by atoms with van der Waals surface area (Å²) < 4.78 is 14.3. The molecular weight excluding hydrogens is 509 g/mol. The number of nitrogens with one attached hydrogen (secondary N) is 1. The standard InChI is InChI=1S/C30H36FN7O2/c1-4-28(40)37-16-17-38(21(3)20-37)29-25(22-6-11-27(39)26(31)18-22)19-32-30(34-29)33-23-7-9-24(10-8-23)36-14-12-35(5-2)13-15-36/h4,6-11,18-19,21,39H,1,5,12-17,20H2,2-3H3,(H,32,33,34)/t21-/m0/s1. The van der Waals surface area contributed by atoms with Gasteiger partial charge in [-0.15, -0.1) is 0 Å². The molecule has 2 fully saturated rings. The van der Waals surface area contributed by atoms with Crippen molar-refractivity contribution in [2.45, 2.75) is 19.9 Å². The number of hydrogen-bond acceptors (Lipinski definition) is 8. The molecule has 0 aliphatic carbocycles. The Hall–Kier alpha value is -4.18. The second-order valence-electron chi connectivity index (χ2n) is 10.2. The van der Waals surface area contributed by atoms with E-state index in [1.165, 1.54) is 23.9 Å². The Kier molecular flexibility index (Phi) is 8.16. The number of piperazine rings is 2. The number of nitrogens with zero attached hydrogens (tertiary/aromatic N) is 6. The van der Waals surface area contributed by atoms with Crippen LogP contribution in [0, 0.1) is 5.82 Å². The highest BCUT2D eigenvalue weighted by molar-refractivity contribution is 5.87. The van der Waals surface area contributed by atoms with Gasteiger partial charge in [0.25, 0.3) is 0 Å². The molecule has 1 atom stereocenters. The van der Waals surface area contributed by atoms with Gasteiger partial charge >= 0.3 is 0 Å². The normalized spacial score (nSPS) is 18.1. The zero-order valence-electron chi connectivity index (χ0n) is 23.1. The number of phenolic OH excluding ortho intramolecular Hbond substituents is 1. The summed E-state index contributed by atoms with van der Waals surface area (Å²) in [5.74, 6) is -0.181. The quantitative estimate of drug-likeness (QED) is 0.429. The molecule has 1 amide bonds. The van der Waals surface area contributed by atoms with Gasteiger partial charge in [-0.25, -0.2) is 9.37 Å². The molecule has 0 saturated carbocycles. The molecule has 1 aromatic heterocycles. The van der Waals surface area contributed by atoms with Crippen molar-refractivity contribution >= 4 is 29.0 Å². The molecule has 2 saturated heterocycles. The van der Waals surface area contributed by atoms with E-state index in [9.17, 15) is 14.3 Å². The van der Waals surface area contributed by atoms with Gasteiger partial charge in [-0.3, -0.25) is 4.79 Å². The van der Waals surface area contributed by atoms with Gasteiger partial charge in [0.2, 0.25) is 11.9 Å². The lowest BCUT2D eigenvalue weighted by Crippen LogP contribution is -2.53. The maximum atomic E-state index is 14.3. The average molecular weight is 546 g/mol. The van der Waals surface area contributed by atoms with E-state index in [0.717, 1.165) is 38.4 Å². The van der Waals surface area contributed by atoms with Crippen LogP contribution in [-0.2, 0) is 4.79 Å². The lowest BCUT2D eigenvalue weighted by Gasteiger charge is -2.41. The number of halogens is 1. The first-order valence-electron chi connectivity index (χ1n) is 13.7. The molecular formula is C30H36FN7O2. The molecule has 210 valence electrons. The third-order valence-corrected chi connectivity index (χ3v) is 7.72. The molecule has 10 heteroatoms. The highest BCUT2D eigenvalue weighted by atomic mass is 19.1. The smallest absolute Gasteiger partial charge is 0.246 e. The van der Waals surface area contributed by atoms with Gasteiger partial charge < -0.3 is 30.0 Å². The molecule has 2 aliphatic rings. The van der Waals surface area contributed by atoms with Crippen LogP contribution in [0.15, 0.2) is 61.3 Å². The fraction of sp³-hybridized carbons (Fsp3) is 0.367. The number of carbonyl (C=O) groups excluding carboxylic acids is 1. The summed E-state index contributed by atoms with van der Waals surface area (Å²) >= 11 is 0. The maximum absolute atomic E-state index is 14.3. The van der Waals surface area contributed by atoms with Gasteiger partial charge in [-0.1, -0.05) is 19.6 Å². The van der Waals surface area contributed by atoms with E-state index < -0.39 is 11.6 Å². The Morgan fingerprint density at radius 3 is 2.52 bits per heavy atom. The molecule has 0 unspecified atom stereocenters. The van der Waals surface area contributed by atoms with Gasteiger partial charge in [0.15, 0.2) is 11.6 Å². The monoisotopic (exact) mass is 545 g/mol. The lowest BCUT2D eigenvalue weighted by molar-refractivity contribution is -0.126. The van der Waals surface area contributed by atoms with Gasteiger partial charge in [0.05, 0.1) is 0 Å². The maximum Gasteiger partial charge on any atom is 0.246 e. The first kappa shape index (κ1) is 27.4. The number of rotatable bonds is 7. The molecule has 2 aromatic carbocycles. The molecule has 2 aliphatic heterocycles. The van der Waals surface area contributed by atoms with E-state index in [4.69, 9.17) is 4.98 Å². The van der Waals surface area contributed by atoms with E-state index in [1.54, 1.807) is 17.2 Å². The molecule has 40 heavy (non-hydrogen) atoms. The van der Waals surface area contributed by atoms with Crippen LogP contribution in [0.4, 0.5) is 27.5 Å². The number of likely N-dealkylation sites (N-methyl/N-ethyl adjacent to an activating group) is 1. The van der Waals surface area contributed by atoms with Crippen LogP contribution < -0.4 is 15.1 Å². The fourth-order valence-electron chi connectivity index (χ4n) is 5.34. The molecule has 2 N–H and O–H groups in total. The summed E-state index contributed by atoms with van der Waals surface area (Å²) in [5, 5.41) is 13.0. The van der Waals surface area contributed by atoms with Crippen molar-refractivity contribution in [3.8, 4) is 16.9 Å². The number of carbonyl (C=O) groups is 1. The number of hydrogen-bond donors (Lipinski definition) is 2. The lowest BCUT2D eigenvalue weighted by atomic mass is 10.1. The van der Waals surface area contributed by atoms with Crippen LogP contribution in [0.3, 0.4) is 0 Å². The number of aromatic hydroxyl groups is 1. The molecule has 0 bridgehead atoms. The first-order chi connectivity index (χ1) is 19.4. The number of anilines is 4. The highest BCUT2D eigenvalue weighted by Crippen LogP contribution is 2.34. The summed E-state index contributed by atoms with van der Waals surface area (Å²) in [5.41, 5.74) is 3.25. The summed E-state index contributed by atoms with van der Waals surface area (Å²) in [4.78, 5) is 30.3. The van der Waals surface area contributed by atoms with E-state index in [0.29, 0.717) is 42.5 Å². The Labute approximate surface area is 234 Å². The van der Waals surface area contributed by atoms with E-state index in [1.807, 2.05) is 19.1 Å². The Morgan fingerprint density at radius 1 is 1.12 bits per heavy atom. The Balaban J connectivity index is 1.40. The summed E-state index contributed by atoms with van der Waals surface area (Å²) in [6.07, 6.45) is 3.00. The third kappa shape index (κ3) is 5.86. The largest absolute Gasteiger partial charge is 0.505 e. The predicted molar refractivity (Wildman–Crippen MR) is 157 cm³/mol. The van der Waals surface area contributed by atoms with Crippen LogP contribution in [0.25, 0.3) is 11.1 Å². The molecule has 5 rings (SSSR count). The van der Waals surface area contributed by atoms with Crippen molar-refractivity contribution in [1.82, 2.24) is 19.8 Å². The van der Waals surface area contributed by atoms with Crippen molar-refractivity contribution in [3.05, 3.63) is 67.1 Å². The first-order valence-corrected chi connectivity index (χ1v) is 13.7. The fourth-order valence-corrected chi connectivity index (χ4v) is 5.34. The SMILES string of the molecule is C=CC(=O)N1CCN(c2nc(Nc3ccc(N4CCN(CC)CC4)cc3)ncc2-c2ccc(O)c(F)c2)[C@@H](C)C1. The predicted octanol–water partition coefficient (Wildman–Crippen LogP) is 4.10. The van der Waals surface area contributed by atoms with Crippen molar-refractivity contribution in [3.63, 3.8) is 0 Å². The number of phenols is 1. The van der Waals surface area contributed by atoms with E-state index in [2.05, 4.69) is 50.6 Å². The second-order valence-corrected chi connectivity index (χ2v) is 10.2. The minimum Gasteiger partial charge on any atom is -0.505 e. The van der Waals surface area contributed by atoms with Crippen molar-refractivity contribution in [1.29, 1.82) is 0 Å². The van der Waals surface area contributed by atoms with Crippen LogP contribution in [0.1, 0.15) is 13.8 Å². The molecule has 0 spiro atoms. The topological polar surface area (TPSA) is 88.1 Å². The van der Waals surface area contributed by atoms with Crippen molar-refractivity contribution in [2.24, 2.45) is 0 Å². The molecule has 3 aromatic rings.